The Morgan fingerprint density at radius 1 is 1.00 bits per heavy atom. The quantitative estimate of drug-likeness (QED) is 0.784. The third-order valence-electron chi connectivity index (χ3n) is 4.14. The van der Waals surface area contributed by atoms with E-state index in [0.29, 0.717) is 19.8 Å². The Balaban J connectivity index is 1.89. The van der Waals surface area contributed by atoms with Crippen LogP contribution in [-0.4, -0.2) is 11.9 Å². The molecule has 0 bridgehead atoms. The first-order valence-corrected chi connectivity index (χ1v) is 8.29. The molecule has 0 saturated heterocycles. The first kappa shape index (κ1) is 18.2. The van der Waals surface area contributed by atoms with E-state index in [2.05, 4.69) is 5.32 Å². The fourth-order valence-electron chi connectivity index (χ4n) is 2.31. The van der Waals surface area contributed by atoms with Gasteiger partial charge in [-0.05, 0) is 23.6 Å². The van der Waals surface area contributed by atoms with Crippen molar-refractivity contribution in [1.82, 2.24) is 5.32 Å². The Bertz CT molecular complexity index is 641. The minimum atomic E-state index is -0.202. The van der Waals surface area contributed by atoms with Crippen molar-refractivity contribution in [2.24, 2.45) is 11.7 Å². The highest BCUT2D eigenvalue weighted by Crippen LogP contribution is 2.12. The maximum Gasteiger partial charge on any atom is 0.224 e. The Kier molecular flexibility index (Phi) is 6.97. The Morgan fingerprint density at radius 2 is 1.62 bits per heavy atom. The van der Waals surface area contributed by atoms with Gasteiger partial charge in [0.05, 0.1) is 13.2 Å². The monoisotopic (exact) mass is 326 g/mol. The molecule has 2 rings (SSSR count). The lowest BCUT2D eigenvalue weighted by Gasteiger charge is -2.16. The highest BCUT2D eigenvalue weighted by atomic mass is 16.5. The van der Waals surface area contributed by atoms with Gasteiger partial charge in [-0.25, -0.2) is 0 Å². The summed E-state index contributed by atoms with van der Waals surface area (Å²) in [6, 6.07) is 17.9. The summed E-state index contributed by atoms with van der Waals surface area (Å²) in [5, 5.41) is 2.95. The molecule has 2 unspecified atom stereocenters. The molecular formula is C20H26N2O2. The van der Waals surface area contributed by atoms with E-state index < -0.39 is 0 Å². The Labute approximate surface area is 144 Å². The summed E-state index contributed by atoms with van der Waals surface area (Å²) in [6.45, 7) is 5.26. The minimum Gasteiger partial charge on any atom is -0.372 e. The van der Waals surface area contributed by atoms with Crippen molar-refractivity contribution in [3.05, 3.63) is 71.3 Å². The average molecular weight is 326 g/mol. The van der Waals surface area contributed by atoms with Crippen molar-refractivity contribution in [2.45, 2.75) is 39.6 Å². The van der Waals surface area contributed by atoms with E-state index in [1.165, 1.54) is 0 Å². The van der Waals surface area contributed by atoms with Crippen LogP contribution in [0.25, 0.3) is 0 Å². The maximum atomic E-state index is 12.0. The predicted octanol–water partition coefficient (Wildman–Crippen LogP) is 3.00. The van der Waals surface area contributed by atoms with Crippen LogP contribution in [0.2, 0.25) is 0 Å². The van der Waals surface area contributed by atoms with Gasteiger partial charge in [-0.15, -0.1) is 0 Å². The lowest BCUT2D eigenvalue weighted by Crippen LogP contribution is -2.38. The zero-order chi connectivity index (χ0) is 17.4. The van der Waals surface area contributed by atoms with E-state index in [0.717, 1.165) is 16.7 Å². The van der Waals surface area contributed by atoms with Gasteiger partial charge in [-0.2, -0.15) is 0 Å². The molecule has 2 atom stereocenters. The van der Waals surface area contributed by atoms with E-state index >= 15 is 0 Å². The molecule has 3 N–H and O–H groups in total. The number of amides is 1. The molecule has 0 aliphatic carbocycles. The normalized spacial score (nSPS) is 13.3. The van der Waals surface area contributed by atoms with Crippen LogP contribution in [-0.2, 0) is 29.3 Å². The van der Waals surface area contributed by atoms with Crippen LogP contribution in [0.3, 0.4) is 0 Å². The molecule has 2 aromatic carbocycles. The van der Waals surface area contributed by atoms with Gasteiger partial charge >= 0.3 is 0 Å². The van der Waals surface area contributed by atoms with Gasteiger partial charge in [0.15, 0.2) is 0 Å². The van der Waals surface area contributed by atoms with E-state index in [9.17, 15) is 4.79 Å². The second kappa shape index (κ2) is 9.21. The van der Waals surface area contributed by atoms with Crippen LogP contribution >= 0.6 is 0 Å². The molecule has 0 spiro atoms. The van der Waals surface area contributed by atoms with Crippen LogP contribution in [0.1, 0.15) is 30.5 Å². The zero-order valence-corrected chi connectivity index (χ0v) is 14.4. The van der Waals surface area contributed by atoms with Crippen molar-refractivity contribution in [3.8, 4) is 0 Å². The van der Waals surface area contributed by atoms with Crippen molar-refractivity contribution in [1.29, 1.82) is 0 Å². The molecule has 24 heavy (non-hydrogen) atoms. The topological polar surface area (TPSA) is 64.4 Å². The molecule has 0 aliphatic heterocycles. The van der Waals surface area contributed by atoms with Crippen LogP contribution in [0.4, 0.5) is 0 Å². The smallest absolute Gasteiger partial charge is 0.224 e. The van der Waals surface area contributed by atoms with Crippen LogP contribution < -0.4 is 11.1 Å². The molecule has 4 nitrogen and oxygen atoms in total. The molecule has 128 valence electrons. The summed E-state index contributed by atoms with van der Waals surface area (Å²) in [4.78, 5) is 12.0. The number of hydrogen-bond donors (Lipinski definition) is 2. The number of ether oxygens (including phenoxy) is 1. The molecular weight excluding hydrogens is 300 g/mol. The van der Waals surface area contributed by atoms with Gasteiger partial charge < -0.3 is 15.8 Å². The second-order valence-electron chi connectivity index (χ2n) is 6.11. The number of carbonyl (C=O) groups is 1. The van der Waals surface area contributed by atoms with Gasteiger partial charge in [0.1, 0.15) is 0 Å². The standard InChI is InChI=1S/C20H26N2O2/c1-15(16(2)21)20(23)22-12-18-10-6-7-11-19(18)14-24-13-17-8-4-3-5-9-17/h3-11,15-16H,12-14,21H2,1-2H3,(H,22,23). The summed E-state index contributed by atoms with van der Waals surface area (Å²) in [5.74, 6) is -0.225. The number of carbonyl (C=O) groups excluding carboxylic acids is 1. The highest BCUT2D eigenvalue weighted by Gasteiger charge is 2.16. The molecule has 0 saturated carbocycles. The molecule has 0 aromatic heterocycles. The average Bonchev–Trinajstić information content (AvgIpc) is 2.60. The highest BCUT2D eigenvalue weighted by molar-refractivity contribution is 5.78. The van der Waals surface area contributed by atoms with Crippen molar-refractivity contribution in [2.75, 3.05) is 0 Å². The van der Waals surface area contributed by atoms with Gasteiger partial charge in [0.2, 0.25) is 5.91 Å². The van der Waals surface area contributed by atoms with Crippen LogP contribution in [0.5, 0.6) is 0 Å². The second-order valence-corrected chi connectivity index (χ2v) is 6.11. The maximum absolute atomic E-state index is 12.0. The largest absolute Gasteiger partial charge is 0.372 e. The number of benzene rings is 2. The number of nitrogens with one attached hydrogen (secondary N) is 1. The first-order valence-electron chi connectivity index (χ1n) is 8.29. The van der Waals surface area contributed by atoms with E-state index in [-0.39, 0.29) is 17.9 Å². The van der Waals surface area contributed by atoms with Crippen molar-refractivity contribution in [3.63, 3.8) is 0 Å². The van der Waals surface area contributed by atoms with E-state index in [1.54, 1.807) is 0 Å². The summed E-state index contributed by atoms with van der Waals surface area (Å²) in [6.07, 6.45) is 0. The first-order chi connectivity index (χ1) is 11.6. The number of rotatable bonds is 8. The summed E-state index contributed by atoms with van der Waals surface area (Å²) in [7, 11) is 0. The minimum absolute atomic E-state index is 0.0231. The summed E-state index contributed by atoms with van der Waals surface area (Å²) >= 11 is 0. The molecule has 0 heterocycles. The molecule has 2 aromatic rings. The Hall–Kier alpha value is -2.17. The van der Waals surface area contributed by atoms with Crippen molar-refractivity contribution < 1.29 is 9.53 Å². The summed E-state index contributed by atoms with van der Waals surface area (Å²) < 4.78 is 5.81. The number of hydrogen-bond acceptors (Lipinski definition) is 3. The molecule has 4 heteroatoms. The molecule has 1 amide bonds. The van der Waals surface area contributed by atoms with Gasteiger partial charge in [0, 0.05) is 18.5 Å². The van der Waals surface area contributed by atoms with Crippen molar-refractivity contribution >= 4 is 5.91 Å². The van der Waals surface area contributed by atoms with Gasteiger partial charge in [0.25, 0.3) is 0 Å². The molecule has 0 fully saturated rings. The lowest BCUT2D eigenvalue weighted by molar-refractivity contribution is -0.125. The van der Waals surface area contributed by atoms with Crippen LogP contribution in [0, 0.1) is 5.92 Å². The van der Waals surface area contributed by atoms with Gasteiger partial charge in [-0.3, -0.25) is 4.79 Å². The SMILES string of the molecule is CC(N)C(C)C(=O)NCc1ccccc1COCc1ccccc1. The van der Waals surface area contributed by atoms with E-state index in [4.69, 9.17) is 10.5 Å². The van der Waals surface area contributed by atoms with E-state index in [1.807, 2.05) is 68.4 Å². The number of nitrogens with two attached hydrogens (primary N) is 1. The Morgan fingerprint density at radius 3 is 2.29 bits per heavy atom. The lowest BCUT2D eigenvalue weighted by atomic mass is 10.0. The zero-order valence-electron chi connectivity index (χ0n) is 14.4. The molecule has 0 aliphatic rings. The predicted molar refractivity (Wildman–Crippen MR) is 96.0 cm³/mol. The van der Waals surface area contributed by atoms with Gasteiger partial charge in [-0.1, -0.05) is 61.5 Å². The molecule has 0 radical (unpaired) electrons. The third kappa shape index (κ3) is 5.48. The fourth-order valence-corrected chi connectivity index (χ4v) is 2.31. The summed E-state index contributed by atoms with van der Waals surface area (Å²) in [5.41, 5.74) is 9.07. The fraction of sp³-hybridized carbons (Fsp3) is 0.350. The third-order valence-corrected chi connectivity index (χ3v) is 4.14. The van der Waals surface area contributed by atoms with Crippen LogP contribution in [0.15, 0.2) is 54.6 Å².